The standard InChI is InChI=1S/C18H18FN3O5.C2H6/c1-10-3-4-13(12(19)9-10)20-16-14(17(24)21-27-8-6-23)15-11(5-7-26-15)18(25)22(16)2;1-2/h3-5,7,9,20,23H,6,8H2,1-2H3,(H,21,24);1-2H3. The van der Waals surface area contributed by atoms with Gasteiger partial charge in [-0.15, -0.1) is 0 Å². The van der Waals surface area contributed by atoms with Gasteiger partial charge in [-0.1, -0.05) is 19.9 Å². The Morgan fingerprint density at radius 2 is 2.03 bits per heavy atom. The Kier molecular flexibility index (Phi) is 7.52. The molecule has 0 saturated carbocycles. The first-order valence-electron chi connectivity index (χ1n) is 9.10. The monoisotopic (exact) mass is 405 g/mol. The number of furan rings is 1. The zero-order valence-corrected chi connectivity index (χ0v) is 16.7. The second kappa shape index (κ2) is 9.85. The Morgan fingerprint density at radius 3 is 2.69 bits per heavy atom. The van der Waals surface area contributed by atoms with E-state index in [1.54, 1.807) is 13.0 Å². The molecule has 0 saturated heterocycles. The molecule has 0 atom stereocenters. The smallest absolute Gasteiger partial charge is 0.282 e. The number of carbonyl (C=O) groups is 1. The van der Waals surface area contributed by atoms with E-state index in [-0.39, 0.29) is 41.3 Å². The fraction of sp³-hybridized carbons (Fsp3) is 0.300. The van der Waals surface area contributed by atoms with Crippen molar-refractivity contribution in [3.63, 3.8) is 0 Å². The number of fused-ring (bicyclic) bond motifs is 1. The average Bonchev–Trinajstić information content (AvgIpc) is 3.19. The number of benzene rings is 1. The molecule has 0 spiro atoms. The lowest BCUT2D eigenvalue weighted by Crippen LogP contribution is -2.29. The van der Waals surface area contributed by atoms with Gasteiger partial charge >= 0.3 is 0 Å². The highest BCUT2D eigenvalue weighted by molar-refractivity contribution is 6.09. The Morgan fingerprint density at radius 1 is 1.31 bits per heavy atom. The minimum atomic E-state index is -0.714. The van der Waals surface area contributed by atoms with Crippen molar-refractivity contribution < 1.29 is 23.5 Å². The number of amides is 1. The zero-order chi connectivity index (χ0) is 21.6. The molecule has 2 heterocycles. The van der Waals surface area contributed by atoms with Crippen molar-refractivity contribution in [2.45, 2.75) is 20.8 Å². The van der Waals surface area contributed by atoms with Gasteiger partial charge in [0, 0.05) is 7.05 Å². The van der Waals surface area contributed by atoms with E-state index in [1.807, 2.05) is 13.8 Å². The van der Waals surface area contributed by atoms with Crippen molar-refractivity contribution in [2.24, 2.45) is 7.05 Å². The summed E-state index contributed by atoms with van der Waals surface area (Å²) in [5.74, 6) is -1.21. The van der Waals surface area contributed by atoms with Crippen LogP contribution in [0, 0.1) is 12.7 Å². The molecule has 3 rings (SSSR count). The van der Waals surface area contributed by atoms with Gasteiger partial charge in [0.05, 0.1) is 30.6 Å². The second-order valence-electron chi connectivity index (χ2n) is 5.86. The first-order valence-corrected chi connectivity index (χ1v) is 9.10. The third kappa shape index (κ3) is 4.64. The van der Waals surface area contributed by atoms with Crippen molar-refractivity contribution in [1.29, 1.82) is 0 Å². The lowest BCUT2D eigenvalue weighted by atomic mass is 10.1. The minimum Gasteiger partial charge on any atom is -0.463 e. The summed E-state index contributed by atoms with van der Waals surface area (Å²) in [7, 11) is 1.45. The topological polar surface area (TPSA) is 106 Å². The Bertz CT molecular complexity index is 1060. The number of aliphatic hydroxyl groups is 1. The maximum absolute atomic E-state index is 14.3. The number of aryl methyl sites for hydroxylation is 1. The maximum atomic E-state index is 14.3. The molecule has 0 fully saturated rings. The molecule has 2 aromatic heterocycles. The number of hydrogen-bond acceptors (Lipinski definition) is 6. The second-order valence-corrected chi connectivity index (χ2v) is 5.86. The van der Waals surface area contributed by atoms with Crippen LogP contribution >= 0.6 is 0 Å². The predicted molar refractivity (Wildman–Crippen MR) is 108 cm³/mol. The third-order valence-electron chi connectivity index (χ3n) is 3.96. The van der Waals surface area contributed by atoms with Crippen molar-refractivity contribution in [1.82, 2.24) is 10.0 Å². The SMILES string of the molecule is CC.Cc1ccc(Nc2c(C(=O)NOCCO)c3occc3c(=O)n2C)c(F)c1. The van der Waals surface area contributed by atoms with E-state index < -0.39 is 17.3 Å². The Labute approximate surface area is 166 Å². The van der Waals surface area contributed by atoms with Gasteiger partial charge < -0.3 is 14.8 Å². The highest BCUT2D eigenvalue weighted by Crippen LogP contribution is 2.28. The summed E-state index contributed by atoms with van der Waals surface area (Å²) in [5.41, 5.74) is 2.58. The number of halogens is 1. The van der Waals surface area contributed by atoms with Crippen LogP contribution in [0.2, 0.25) is 0 Å². The highest BCUT2D eigenvalue weighted by atomic mass is 19.1. The van der Waals surface area contributed by atoms with E-state index >= 15 is 0 Å². The minimum absolute atomic E-state index is 0.0324. The lowest BCUT2D eigenvalue weighted by molar-refractivity contribution is 0.0169. The van der Waals surface area contributed by atoms with E-state index in [2.05, 4.69) is 10.8 Å². The van der Waals surface area contributed by atoms with E-state index in [0.717, 1.165) is 5.56 Å². The van der Waals surface area contributed by atoms with Crippen molar-refractivity contribution in [2.75, 3.05) is 18.5 Å². The predicted octanol–water partition coefficient (Wildman–Crippen LogP) is 3.00. The molecule has 9 heteroatoms. The third-order valence-corrected chi connectivity index (χ3v) is 3.96. The summed E-state index contributed by atoms with van der Waals surface area (Å²) in [6, 6.07) is 5.97. The molecule has 29 heavy (non-hydrogen) atoms. The van der Waals surface area contributed by atoms with Crippen LogP contribution in [0.4, 0.5) is 15.9 Å². The molecular weight excluding hydrogens is 381 g/mol. The van der Waals surface area contributed by atoms with Gasteiger partial charge in [-0.3, -0.25) is 19.0 Å². The molecule has 0 radical (unpaired) electrons. The van der Waals surface area contributed by atoms with E-state index in [9.17, 15) is 14.0 Å². The van der Waals surface area contributed by atoms with Crippen molar-refractivity contribution in [3.05, 3.63) is 57.8 Å². The van der Waals surface area contributed by atoms with Gasteiger partial charge in [-0.25, -0.2) is 9.87 Å². The van der Waals surface area contributed by atoms with E-state index in [4.69, 9.17) is 14.4 Å². The first-order chi connectivity index (χ1) is 13.9. The molecule has 8 nitrogen and oxygen atoms in total. The fourth-order valence-electron chi connectivity index (χ4n) is 2.65. The molecule has 3 aromatic rings. The van der Waals surface area contributed by atoms with Gasteiger partial charge in [0.2, 0.25) is 0 Å². The van der Waals surface area contributed by atoms with Crippen LogP contribution in [0.25, 0.3) is 11.0 Å². The van der Waals surface area contributed by atoms with Gasteiger partial charge in [0.1, 0.15) is 17.2 Å². The van der Waals surface area contributed by atoms with Crippen molar-refractivity contribution in [3.8, 4) is 0 Å². The van der Waals surface area contributed by atoms with Gasteiger partial charge in [-0.05, 0) is 30.7 Å². The summed E-state index contributed by atoms with van der Waals surface area (Å²) in [4.78, 5) is 30.0. The number of pyridine rings is 1. The molecule has 0 aliphatic carbocycles. The summed E-state index contributed by atoms with van der Waals surface area (Å²) in [5, 5.41) is 11.8. The number of aromatic nitrogens is 1. The normalized spacial score (nSPS) is 10.4. The van der Waals surface area contributed by atoms with Crippen LogP contribution < -0.4 is 16.4 Å². The van der Waals surface area contributed by atoms with Crippen LogP contribution in [0.15, 0.2) is 39.7 Å². The van der Waals surface area contributed by atoms with Crippen molar-refractivity contribution >= 4 is 28.4 Å². The fourth-order valence-corrected chi connectivity index (χ4v) is 2.65. The van der Waals surface area contributed by atoms with Crippen LogP contribution in [0.5, 0.6) is 0 Å². The molecule has 3 N–H and O–H groups in total. The number of hydrogen-bond donors (Lipinski definition) is 3. The molecular formula is C20H24FN3O5. The van der Waals surface area contributed by atoms with Crippen LogP contribution in [0.1, 0.15) is 29.8 Å². The quantitative estimate of drug-likeness (QED) is 0.430. The highest BCUT2D eigenvalue weighted by Gasteiger charge is 2.24. The Balaban J connectivity index is 0.00000145. The largest absolute Gasteiger partial charge is 0.463 e. The van der Waals surface area contributed by atoms with Gasteiger partial charge in [0.15, 0.2) is 5.58 Å². The number of carbonyl (C=O) groups excluding carboxylic acids is 1. The summed E-state index contributed by atoms with van der Waals surface area (Å²) >= 11 is 0. The number of nitrogens with zero attached hydrogens (tertiary/aromatic N) is 1. The number of rotatable bonds is 6. The summed E-state index contributed by atoms with van der Waals surface area (Å²) < 4.78 is 20.8. The molecule has 0 unspecified atom stereocenters. The van der Waals surface area contributed by atoms with Crippen LogP contribution in [-0.4, -0.2) is 28.8 Å². The van der Waals surface area contributed by atoms with Gasteiger partial charge in [0.25, 0.3) is 11.5 Å². The maximum Gasteiger partial charge on any atom is 0.282 e. The molecule has 0 bridgehead atoms. The molecule has 1 amide bonds. The summed E-state index contributed by atoms with van der Waals surface area (Å²) in [6.07, 6.45) is 1.29. The number of nitrogens with one attached hydrogen (secondary N) is 2. The molecule has 156 valence electrons. The molecule has 0 aliphatic rings. The Hall–Kier alpha value is -3.17. The van der Waals surface area contributed by atoms with E-state index in [1.165, 1.54) is 36.1 Å². The number of aliphatic hydroxyl groups excluding tert-OH is 1. The number of anilines is 2. The van der Waals surface area contributed by atoms with Gasteiger partial charge in [-0.2, -0.15) is 0 Å². The van der Waals surface area contributed by atoms with Crippen LogP contribution in [0.3, 0.4) is 0 Å². The number of hydroxylamine groups is 1. The summed E-state index contributed by atoms with van der Waals surface area (Å²) in [6.45, 7) is 5.34. The zero-order valence-electron chi connectivity index (χ0n) is 16.7. The van der Waals surface area contributed by atoms with Crippen LogP contribution in [-0.2, 0) is 11.9 Å². The lowest BCUT2D eigenvalue weighted by Gasteiger charge is -2.16. The average molecular weight is 405 g/mol. The van der Waals surface area contributed by atoms with E-state index in [0.29, 0.717) is 0 Å². The molecule has 1 aromatic carbocycles. The first kappa shape index (κ1) is 22.1. The molecule has 0 aliphatic heterocycles.